The Labute approximate surface area is 418 Å². The molecule has 2 atom stereocenters. The fourth-order valence-corrected chi connectivity index (χ4v) is 9.35. The highest BCUT2D eigenvalue weighted by Crippen LogP contribution is 2.17. The molecule has 6 heteroatoms. The van der Waals surface area contributed by atoms with Crippen molar-refractivity contribution < 1.29 is 24.5 Å². The first-order valence-electron chi connectivity index (χ1n) is 30.1. The Morgan fingerprint density at radius 1 is 0.403 bits per heavy atom. The second kappa shape index (κ2) is 56.9. The van der Waals surface area contributed by atoms with Crippen molar-refractivity contribution in [1.29, 1.82) is 0 Å². The minimum atomic E-state index is -0.876. The lowest BCUT2D eigenvalue weighted by atomic mass is 10.0. The number of ether oxygens (including phenoxy) is 1. The molecule has 0 saturated heterocycles. The quantitative estimate of drug-likeness (QED) is 0.0321. The molecule has 1 amide bonds. The summed E-state index contributed by atoms with van der Waals surface area (Å²) < 4.78 is 5.45. The first-order valence-corrected chi connectivity index (χ1v) is 30.1. The lowest BCUT2D eigenvalue weighted by molar-refractivity contribution is -0.143. The van der Waals surface area contributed by atoms with E-state index < -0.39 is 12.1 Å². The van der Waals surface area contributed by atoms with Crippen molar-refractivity contribution in [1.82, 2.24) is 5.32 Å². The summed E-state index contributed by atoms with van der Waals surface area (Å²) in [5.41, 5.74) is 0. The van der Waals surface area contributed by atoms with Gasteiger partial charge in [0.15, 0.2) is 0 Å². The molecule has 0 spiro atoms. The third-order valence-electron chi connectivity index (χ3n) is 14.0. The van der Waals surface area contributed by atoms with E-state index >= 15 is 0 Å². The van der Waals surface area contributed by atoms with Crippen LogP contribution in [0.5, 0.6) is 0 Å². The van der Waals surface area contributed by atoms with Crippen LogP contribution in [0.25, 0.3) is 0 Å². The Hall–Kier alpha value is -1.66. The summed E-state index contributed by atoms with van der Waals surface area (Å²) in [6.45, 7) is 4.84. The molecule has 0 saturated carbocycles. The summed E-state index contributed by atoms with van der Waals surface area (Å²) in [6, 6.07) is -0.666. The van der Waals surface area contributed by atoms with Crippen LogP contribution in [0.2, 0.25) is 0 Å². The number of aliphatic hydroxyl groups excluding tert-OH is 2. The first kappa shape index (κ1) is 65.3. The Morgan fingerprint density at radius 2 is 0.716 bits per heavy atom. The van der Waals surface area contributed by atoms with Gasteiger partial charge < -0.3 is 20.3 Å². The van der Waals surface area contributed by atoms with E-state index in [4.69, 9.17) is 4.74 Å². The zero-order valence-corrected chi connectivity index (χ0v) is 45.1. The molecule has 0 bridgehead atoms. The van der Waals surface area contributed by atoms with E-state index in [1.165, 1.54) is 231 Å². The van der Waals surface area contributed by atoms with E-state index in [1.54, 1.807) is 6.08 Å². The highest BCUT2D eigenvalue weighted by Gasteiger charge is 2.18. The van der Waals surface area contributed by atoms with Gasteiger partial charge in [-0.25, -0.2) is 0 Å². The number of hydrogen-bond donors (Lipinski definition) is 3. The van der Waals surface area contributed by atoms with E-state index in [-0.39, 0.29) is 18.5 Å². The highest BCUT2D eigenvalue weighted by molar-refractivity contribution is 5.76. The maximum atomic E-state index is 12.5. The molecule has 67 heavy (non-hydrogen) atoms. The van der Waals surface area contributed by atoms with Gasteiger partial charge >= 0.3 is 5.97 Å². The molecule has 0 radical (unpaired) electrons. The molecule has 0 aliphatic carbocycles. The maximum Gasteiger partial charge on any atom is 0.305 e. The number of carbonyl (C=O) groups is 2. The van der Waals surface area contributed by atoms with Gasteiger partial charge in [0.2, 0.25) is 5.91 Å². The fourth-order valence-electron chi connectivity index (χ4n) is 9.35. The summed E-state index contributed by atoms with van der Waals surface area (Å²) in [5.74, 6) is -0.158. The van der Waals surface area contributed by atoms with Gasteiger partial charge in [0.05, 0.1) is 25.4 Å². The summed E-state index contributed by atoms with van der Waals surface area (Å²) in [5, 5.41) is 23.1. The van der Waals surface area contributed by atoms with Crippen molar-refractivity contribution in [3.05, 3.63) is 24.3 Å². The van der Waals surface area contributed by atoms with Gasteiger partial charge in [-0.1, -0.05) is 289 Å². The zero-order valence-electron chi connectivity index (χ0n) is 45.1. The van der Waals surface area contributed by atoms with E-state index in [2.05, 4.69) is 31.3 Å². The van der Waals surface area contributed by atoms with Crippen LogP contribution in [0.3, 0.4) is 0 Å². The second-order valence-electron chi connectivity index (χ2n) is 20.7. The van der Waals surface area contributed by atoms with Gasteiger partial charge in [0, 0.05) is 12.8 Å². The highest BCUT2D eigenvalue weighted by atomic mass is 16.5. The van der Waals surface area contributed by atoms with Crippen molar-refractivity contribution in [2.24, 2.45) is 0 Å². The molecular formula is C61H117NO5. The van der Waals surface area contributed by atoms with Crippen LogP contribution < -0.4 is 5.32 Å². The average Bonchev–Trinajstić information content (AvgIpc) is 3.33. The Bertz CT molecular complexity index is 1040. The predicted octanol–water partition coefficient (Wildman–Crippen LogP) is 18.6. The van der Waals surface area contributed by atoms with Gasteiger partial charge in [-0.15, -0.1) is 0 Å². The van der Waals surface area contributed by atoms with Crippen LogP contribution in [-0.2, 0) is 14.3 Å². The van der Waals surface area contributed by atoms with E-state index in [1.807, 2.05) is 6.08 Å². The summed E-state index contributed by atoms with van der Waals surface area (Å²) >= 11 is 0. The molecule has 0 aromatic carbocycles. The van der Waals surface area contributed by atoms with Gasteiger partial charge in [0.1, 0.15) is 0 Å². The van der Waals surface area contributed by atoms with Crippen LogP contribution >= 0.6 is 0 Å². The van der Waals surface area contributed by atoms with E-state index in [9.17, 15) is 19.8 Å². The number of carbonyl (C=O) groups excluding carboxylic acids is 2. The summed E-state index contributed by atoms with van der Waals surface area (Å²) in [6.07, 6.45) is 69.3. The topological polar surface area (TPSA) is 95.9 Å². The normalized spacial score (nSPS) is 12.7. The minimum Gasteiger partial charge on any atom is -0.466 e. The maximum absolute atomic E-state index is 12.5. The smallest absolute Gasteiger partial charge is 0.305 e. The van der Waals surface area contributed by atoms with Crippen molar-refractivity contribution in [2.75, 3.05) is 13.2 Å². The van der Waals surface area contributed by atoms with Crippen LogP contribution in [-0.4, -0.2) is 47.4 Å². The molecule has 0 aromatic heterocycles. The van der Waals surface area contributed by atoms with Crippen LogP contribution in [0.1, 0.15) is 328 Å². The average molecular weight is 945 g/mol. The Balaban J connectivity index is 3.53. The first-order chi connectivity index (χ1) is 33.0. The number of unbranched alkanes of at least 4 members (excludes halogenated alkanes) is 43. The molecule has 0 aliphatic rings. The molecule has 6 nitrogen and oxygen atoms in total. The summed E-state index contributed by atoms with van der Waals surface area (Å²) in [4.78, 5) is 24.5. The van der Waals surface area contributed by atoms with Crippen molar-refractivity contribution in [2.45, 2.75) is 341 Å². The number of allylic oxidation sites excluding steroid dienone is 3. The summed E-state index contributed by atoms with van der Waals surface area (Å²) in [7, 11) is 0. The lowest BCUT2D eigenvalue weighted by Gasteiger charge is -2.19. The SMILES string of the molecule is CCCCCCCCCCCCCCCCCCCCCCCCC/C=C/C(O)C(CO)NC(=O)CCC/C=C\CCCCCCOC(=O)CCCCCCCCCCCCCCCCCC. The lowest BCUT2D eigenvalue weighted by Crippen LogP contribution is -2.45. The molecular weight excluding hydrogens is 827 g/mol. The minimum absolute atomic E-state index is 0.0337. The standard InChI is InChI=1S/C61H117NO5/c1-3-5-7-9-11-13-15-17-19-21-22-23-24-25-26-27-28-29-30-32-34-37-41-45-49-53-59(64)58(57-63)62-60(65)54-50-46-42-38-36-40-44-48-52-56-67-61(66)55-51-47-43-39-35-33-31-20-18-16-14-12-10-8-6-4-2/h38,42,49,53,58-59,63-64H,3-37,39-41,43-48,50-52,54-57H2,1-2H3,(H,62,65)/b42-38-,53-49+. The number of aliphatic hydroxyl groups is 2. The Morgan fingerprint density at radius 3 is 1.09 bits per heavy atom. The van der Waals surface area contributed by atoms with Crippen LogP contribution in [0.4, 0.5) is 0 Å². The van der Waals surface area contributed by atoms with Crippen molar-refractivity contribution in [3.63, 3.8) is 0 Å². The van der Waals surface area contributed by atoms with Gasteiger partial charge in [0.25, 0.3) is 0 Å². The molecule has 3 N–H and O–H groups in total. The molecule has 2 unspecified atom stereocenters. The van der Waals surface area contributed by atoms with E-state index in [0.29, 0.717) is 19.4 Å². The third kappa shape index (κ3) is 53.5. The number of amides is 1. The predicted molar refractivity (Wildman–Crippen MR) is 292 cm³/mol. The number of hydrogen-bond acceptors (Lipinski definition) is 5. The number of rotatable bonds is 56. The third-order valence-corrected chi connectivity index (χ3v) is 14.0. The van der Waals surface area contributed by atoms with Crippen LogP contribution in [0.15, 0.2) is 24.3 Å². The fraction of sp³-hybridized carbons (Fsp3) is 0.902. The van der Waals surface area contributed by atoms with Gasteiger partial charge in [-0.05, 0) is 51.4 Å². The largest absolute Gasteiger partial charge is 0.466 e. The second-order valence-corrected chi connectivity index (χ2v) is 20.7. The molecule has 0 rings (SSSR count). The van der Waals surface area contributed by atoms with Crippen molar-refractivity contribution in [3.8, 4) is 0 Å². The number of esters is 1. The Kier molecular flexibility index (Phi) is 55.5. The monoisotopic (exact) mass is 944 g/mol. The van der Waals surface area contributed by atoms with Crippen LogP contribution in [0, 0.1) is 0 Å². The van der Waals surface area contributed by atoms with E-state index in [0.717, 1.165) is 70.6 Å². The van der Waals surface area contributed by atoms with Gasteiger partial charge in [-0.2, -0.15) is 0 Å². The zero-order chi connectivity index (χ0) is 48.6. The number of nitrogens with one attached hydrogen (secondary N) is 1. The van der Waals surface area contributed by atoms with Gasteiger partial charge in [-0.3, -0.25) is 9.59 Å². The molecule has 0 fully saturated rings. The molecule has 396 valence electrons. The molecule has 0 aliphatic heterocycles. The molecule has 0 aromatic rings. The van der Waals surface area contributed by atoms with Crippen molar-refractivity contribution >= 4 is 11.9 Å². The molecule has 0 heterocycles.